The number of esters is 2. The van der Waals surface area contributed by atoms with Gasteiger partial charge in [-0.2, -0.15) is 0 Å². The van der Waals surface area contributed by atoms with Gasteiger partial charge in [-0.1, -0.05) is 11.8 Å². The molecule has 9 heteroatoms. The first-order valence-corrected chi connectivity index (χ1v) is 6.86. The zero-order valence-electron chi connectivity index (χ0n) is 11.4. The van der Waals surface area contributed by atoms with Crippen LogP contribution in [0.25, 0.3) is 0 Å². The number of methoxy groups -OCH3 is 2. The Kier molecular flexibility index (Phi) is 6.57. The molecule has 0 amide bonds. The summed E-state index contributed by atoms with van der Waals surface area (Å²) >= 11 is 1.34. The smallest absolute Gasteiger partial charge is 0.325 e. The Balaban J connectivity index is 2.74. The summed E-state index contributed by atoms with van der Waals surface area (Å²) in [4.78, 5) is 30.5. The number of ether oxygens (including phenoxy) is 2. The Labute approximate surface area is 120 Å². The predicted molar refractivity (Wildman–Crippen MR) is 74.8 cm³/mol. The van der Waals surface area contributed by atoms with Crippen molar-refractivity contribution in [3.8, 4) is 0 Å². The molecule has 110 valence electrons. The van der Waals surface area contributed by atoms with Crippen molar-refractivity contribution in [2.75, 3.05) is 44.2 Å². The van der Waals surface area contributed by atoms with Crippen LogP contribution in [-0.4, -0.2) is 55.5 Å². The summed E-state index contributed by atoms with van der Waals surface area (Å²) in [6, 6.07) is 1.59. The molecule has 0 spiro atoms. The van der Waals surface area contributed by atoms with Crippen molar-refractivity contribution in [1.29, 1.82) is 0 Å². The second kappa shape index (κ2) is 8.20. The molecule has 0 aliphatic rings. The molecule has 1 rings (SSSR count). The predicted octanol–water partition coefficient (Wildman–Crippen LogP) is 0.368. The van der Waals surface area contributed by atoms with E-state index in [1.807, 2.05) is 6.26 Å². The summed E-state index contributed by atoms with van der Waals surface area (Å²) in [6.07, 6.45) is 1.82. The lowest BCUT2D eigenvalue weighted by Crippen LogP contribution is -2.18. The third-order valence-electron chi connectivity index (χ3n) is 2.17. The molecule has 1 aromatic rings. The molecule has 0 bridgehead atoms. The minimum Gasteiger partial charge on any atom is -0.468 e. The summed E-state index contributed by atoms with van der Waals surface area (Å²) in [5, 5.41) is 6.14. The van der Waals surface area contributed by atoms with Gasteiger partial charge in [0, 0.05) is 6.07 Å². The lowest BCUT2D eigenvalue weighted by Gasteiger charge is -2.09. The van der Waals surface area contributed by atoms with Crippen LogP contribution in [0.4, 0.5) is 11.6 Å². The number of carbonyl (C=O) groups is 2. The van der Waals surface area contributed by atoms with Gasteiger partial charge in [0.1, 0.15) is 24.7 Å². The maximum absolute atomic E-state index is 11.1. The van der Waals surface area contributed by atoms with Crippen LogP contribution >= 0.6 is 11.8 Å². The van der Waals surface area contributed by atoms with Gasteiger partial charge in [0.25, 0.3) is 0 Å². The molecule has 1 aromatic heterocycles. The lowest BCUT2D eigenvalue weighted by atomic mass is 10.5. The first-order valence-electron chi connectivity index (χ1n) is 5.63. The average molecular weight is 300 g/mol. The molecule has 0 atom stereocenters. The van der Waals surface area contributed by atoms with Crippen LogP contribution in [0.2, 0.25) is 0 Å². The van der Waals surface area contributed by atoms with E-state index in [1.54, 1.807) is 6.07 Å². The van der Waals surface area contributed by atoms with Crippen molar-refractivity contribution >= 4 is 35.3 Å². The van der Waals surface area contributed by atoms with Crippen molar-refractivity contribution in [2.45, 2.75) is 5.16 Å². The van der Waals surface area contributed by atoms with Crippen LogP contribution in [0.3, 0.4) is 0 Å². The number of rotatable bonds is 7. The van der Waals surface area contributed by atoms with E-state index in [2.05, 4.69) is 30.1 Å². The highest BCUT2D eigenvalue weighted by molar-refractivity contribution is 7.98. The zero-order chi connectivity index (χ0) is 15.0. The average Bonchev–Trinajstić information content (AvgIpc) is 2.49. The van der Waals surface area contributed by atoms with Crippen LogP contribution in [0.1, 0.15) is 0 Å². The Morgan fingerprint density at radius 2 is 1.55 bits per heavy atom. The highest BCUT2D eigenvalue weighted by Gasteiger charge is 2.07. The van der Waals surface area contributed by atoms with E-state index in [9.17, 15) is 9.59 Å². The van der Waals surface area contributed by atoms with Gasteiger partial charge in [-0.25, -0.2) is 9.97 Å². The fourth-order valence-electron chi connectivity index (χ4n) is 1.17. The monoisotopic (exact) mass is 300 g/mol. The number of aromatic nitrogens is 2. The molecular formula is C11H16N4O4S. The molecule has 0 aromatic carbocycles. The van der Waals surface area contributed by atoms with E-state index in [0.29, 0.717) is 16.8 Å². The third kappa shape index (κ3) is 5.31. The largest absolute Gasteiger partial charge is 0.468 e. The minimum atomic E-state index is -0.404. The number of thioether (sulfide) groups is 1. The number of nitrogens with zero attached hydrogens (tertiary/aromatic N) is 2. The normalized spacial score (nSPS) is 9.75. The van der Waals surface area contributed by atoms with Gasteiger partial charge < -0.3 is 20.1 Å². The van der Waals surface area contributed by atoms with Crippen molar-refractivity contribution < 1.29 is 19.1 Å². The second-order valence-electron chi connectivity index (χ2n) is 3.48. The van der Waals surface area contributed by atoms with Gasteiger partial charge in [0.05, 0.1) is 14.2 Å². The van der Waals surface area contributed by atoms with Crippen LogP contribution in [0, 0.1) is 0 Å². The van der Waals surface area contributed by atoms with E-state index < -0.39 is 11.9 Å². The van der Waals surface area contributed by atoms with Crippen LogP contribution < -0.4 is 10.6 Å². The maximum Gasteiger partial charge on any atom is 0.325 e. The summed E-state index contributed by atoms with van der Waals surface area (Å²) < 4.78 is 9.05. The van der Waals surface area contributed by atoms with Crippen molar-refractivity contribution in [2.24, 2.45) is 0 Å². The van der Waals surface area contributed by atoms with Crippen molar-refractivity contribution in [3.05, 3.63) is 6.07 Å². The topological polar surface area (TPSA) is 102 Å². The van der Waals surface area contributed by atoms with E-state index in [4.69, 9.17) is 0 Å². The fraction of sp³-hybridized carbons (Fsp3) is 0.455. The van der Waals surface area contributed by atoms with Gasteiger partial charge in [-0.15, -0.1) is 0 Å². The highest BCUT2D eigenvalue weighted by atomic mass is 32.2. The molecule has 0 aliphatic carbocycles. The maximum atomic E-state index is 11.1. The quantitative estimate of drug-likeness (QED) is 0.420. The SMILES string of the molecule is COC(=O)CNc1cc(NCC(=O)OC)nc(SC)n1. The Hall–Kier alpha value is -2.03. The molecular weight excluding hydrogens is 284 g/mol. The molecule has 20 heavy (non-hydrogen) atoms. The van der Waals surface area contributed by atoms with Gasteiger partial charge in [-0.05, 0) is 6.26 Å². The first kappa shape index (κ1) is 16.0. The number of nitrogens with one attached hydrogen (secondary N) is 2. The molecule has 0 aliphatic heterocycles. The summed E-state index contributed by atoms with van der Waals surface area (Å²) in [7, 11) is 2.61. The van der Waals surface area contributed by atoms with E-state index in [0.717, 1.165) is 0 Å². The standard InChI is InChI=1S/C11H16N4O4S/c1-18-9(16)5-12-7-4-8(13-6-10(17)19-2)15-11(14-7)20-3/h4H,5-6H2,1-3H3,(H2,12,13,14,15). The molecule has 8 nitrogen and oxygen atoms in total. The molecule has 0 radical (unpaired) electrons. The molecule has 0 fully saturated rings. The van der Waals surface area contributed by atoms with Crippen LogP contribution in [0.15, 0.2) is 11.2 Å². The van der Waals surface area contributed by atoms with Crippen molar-refractivity contribution in [3.63, 3.8) is 0 Å². The zero-order valence-corrected chi connectivity index (χ0v) is 12.2. The van der Waals surface area contributed by atoms with Crippen LogP contribution in [0.5, 0.6) is 0 Å². The van der Waals surface area contributed by atoms with Gasteiger partial charge in [0.15, 0.2) is 5.16 Å². The second-order valence-corrected chi connectivity index (χ2v) is 4.26. The summed E-state index contributed by atoms with van der Waals surface area (Å²) in [6.45, 7) is -0.00441. The summed E-state index contributed by atoms with van der Waals surface area (Å²) in [5.41, 5.74) is 0. The third-order valence-corrected chi connectivity index (χ3v) is 2.72. The van der Waals surface area contributed by atoms with Crippen molar-refractivity contribution in [1.82, 2.24) is 9.97 Å². The number of hydrogen-bond donors (Lipinski definition) is 2. The van der Waals surface area contributed by atoms with Crippen LogP contribution in [-0.2, 0) is 19.1 Å². The van der Waals surface area contributed by atoms with Gasteiger partial charge in [0.2, 0.25) is 0 Å². The van der Waals surface area contributed by atoms with E-state index in [1.165, 1.54) is 26.0 Å². The molecule has 1 heterocycles. The Morgan fingerprint density at radius 1 is 1.10 bits per heavy atom. The Bertz CT molecular complexity index is 445. The molecule has 0 unspecified atom stereocenters. The highest BCUT2D eigenvalue weighted by Crippen LogP contribution is 2.17. The Morgan fingerprint density at radius 3 is 1.90 bits per heavy atom. The first-order chi connectivity index (χ1) is 9.58. The molecule has 0 saturated heterocycles. The summed E-state index contributed by atoms with van der Waals surface area (Å²) in [5.74, 6) is 0.112. The molecule has 2 N–H and O–H groups in total. The minimum absolute atomic E-state index is 0.00221. The number of hydrogen-bond acceptors (Lipinski definition) is 9. The van der Waals surface area contributed by atoms with Gasteiger partial charge >= 0.3 is 11.9 Å². The fourth-order valence-corrected chi connectivity index (χ4v) is 1.55. The van der Waals surface area contributed by atoms with Gasteiger partial charge in [-0.3, -0.25) is 9.59 Å². The number of anilines is 2. The van der Waals surface area contributed by atoms with E-state index >= 15 is 0 Å². The molecule has 0 saturated carbocycles. The van der Waals surface area contributed by atoms with E-state index in [-0.39, 0.29) is 13.1 Å². The lowest BCUT2D eigenvalue weighted by molar-refractivity contribution is -0.139. The number of carbonyl (C=O) groups excluding carboxylic acids is 2.